The molecule has 1 heterocycles. The third kappa shape index (κ3) is 5.17. The number of aryl methyl sites for hydroxylation is 1. The summed E-state index contributed by atoms with van der Waals surface area (Å²) in [5.41, 5.74) is 7.29. The fraction of sp³-hybridized carbons (Fsp3) is 0.600. The van der Waals surface area contributed by atoms with Gasteiger partial charge >= 0.3 is 0 Å². The van der Waals surface area contributed by atoms with Crippen molar-refractivity contribution in [1.29, 1.82) is 0 Å². The number of nitrogens with one attached hydrogen (secondary N) is 1. The van der Waals surface area contributed by atoms with E-state index in [1.165, 1.54) is 0 Å². The SMILES string of the molecule is Cc1ccc(OC(C)C(=O)NCC(C)C)c(CCN)n1. The van der Waals surface area contributed by atoms with E-state index in [2.05, 4.69) is 24.1 Å². The first-order valence-electron chi connectivity index (χ1n) is 7.05. The van der Waals surface area contributed by atoms with E-state index < -0.39 is 6.10 Å². The Morgan fingerprint density at radius 1 is 1.40 bits per heavy atom. The number of aromatic nitrogens is 1. The van der Waals surface area contributed by atoms with Gasteiger partial charge in [-0.05, 0) is 38.4 Å². The molecule has 0 radical (unpaired) electrons. The van der Waals surface area contributed by atoms with Crippen molar-refractivity contribution in [3.8, 4) is 5.75 Å². The van der Waals surface area contributed by atoms with Crippen LogP contribution in [0.25, 0.3) is 0 Å². The summed E-state index contributed by atoms with van der Waals surface area (Å²) in [6.07, 6.45) is 0.0898. The fourth-order valence-electron chi connectivity index (χ4n) is 1.71. The molecule has 1 aromatic rings. The van der Waals surface area contributed by atoms with Gasteiger partial charge in [0.2, 0.25) is 0 Å². The Kier molecular flexibility index (Phi) is 6.45. The molecule has 0 aliphatic rings. The van der Waals surface area contributed by atoms with Crippen LogP contribution < -0.4 is 15.8 Å². The first kappa shape index (κ1) is 16.4. The van der Waals surface area contributed by atoms with Crippen molar-refractivity contribution in [1.82, 2.24) is 10.3 Å². The minimum Gasteiger partial charge on any atom is -0.479 e. The molecule has 0 fully saturated rings. The molecular weight excluding hydrogens is 254 g/mol. The maximum absolute atomic E-state index is 11.9. The number of rotatable bonds is 7. The second kappa shape index (κ2) is 7.85. The topological polar surface area (TPSA) is 77.2 Å². The summed E-state index contributed by atoms with van der Waals surface area (Å²) in [7, 11) is 0. The molecule has 0 aliphatic carbocycles. The molecule has 0 saturated carbocycles. The highest BCUT2D eigenvalue weighted by atomic mass is 16.5. The van der Waals surface area contributed by atoms with Gasteiger partial charge in [0, 0.05) is 18.7 Å². The van der Waals surface area contributed by atoms with Crippen molar-refractivity contribution in [2.24, 2.45) is 11.7 Å². The van der Waals surface area contributed by atoms with Crippen molar-refractivity contribution in [3.05, 3.63) is 23.5 Å². The van der Waals surface area contributed by atoms with Crippen LogP contribution in [0.15, 0.2) is 12.1 Å². The first-order chi connectivity index (χ1) is 9.43. The molecular formula is C15H25N3O2. The van der Waals surface area contributed by atoms with Crippen molar-refractivity contribution in [2.75, 3.05) is 13.1 Å². The average molecular weight is 279 g/mol. The van der Waals surface area contributed by atoms with Crippen molar-refractivity contribution < 1.29 is 9.53 Å². The van der Waals surface area contributed by atoms with Crippen molar-refractivity contribution >= 4 is 5.91 Å². The number of carbonyl (C=O) groups is 1. The molecule has 0 aromatic carbocycles. The lowest BCUT2D eigenvalue weighted by Crippen LogP contribution is -2.38. The van der Waals surface area contributed by atoms with Crippen molar-refractivity contribution in [2.45, 2.75) is 40.2 Å². The van der Waals surface area contributed by atoms with E-state index in [1.54, 1.807) is 6.92 Å². The van der Waals surface area contributed by atoms with Gasteiger partial charge in [-0.3, -0.25) is 9.78 Å². The van der Waals surface area contributed by atoms with Crippen molar-refractivity contribution in [3.63, 3.8) is 0 Å². The van der Waals surface area contributed by atoms with Crippen LogP contribution in [0.1, 0.15) is 32.2 Å². The van der Waals surface area contributed by atoms with E-state index in [9.17, 15) is 4.79 Å². The highest BCUT2D eigenvalue weighted by Crippen LogP contribution is 2.18. The molecule has 0 aliphatic heterocycles. The Morgan fingerprint density at radius 3 is 2.70 bits per heavy atom. The third-order valence-electron chi connectivity index (χ3n) is 2.81. The Balaban J connectivity index is 2.69. The summed E-state index contributed by atoms with van der Waals surface area (Å²) >= 11 is 0. The van der Waals surface area contributed by atoms with Crippen LogP contribution >= 0.6 is 0 Å². The van der Waals surface area contributed by atoms with Gasteiger partial charge in [0.1, 0.15) is 5.75 Å². The summed E-state index contributed by atoms with van der Waals surface area (Å²) in [6.45, 7) is 8.91. The number of hydrogen-bond acceptors (Lipinski definition) is 4. The van der Waals surface area contributed by atoms with Crippen LogP contribution in [-0.2, 0) is 11.2 Å². The van der Waals surface area contributed by atoms with E-state index >= 15 is 0 Å². The van der Waals surface area contributed by atoms with Crippen LogP contribution in [0.4, 0.5) is 0 Å². The van der Waals surface area contributed by atoms with E-state index in [-0.39, 0.29) is 5.91 Å². The number of nitrogens with zero attached hydrogens (tertiary/aromatic N) is 1. The number of amides is 1. The quantitative estimate of drug-likeness (QED) is 0.791. The van der Waals surface area contributed by atoms with Crippen LogP contribution in [-0.4, -0.2) is 30.1 Å². The fourth-order valence-corrected chi connectivity index (χ4v) is 1.71. The van der Waals surface area contributed by atoms with Crippen LogP contribution in [0, 0.1) is 12.8 Å². The summed E-state index contributed by atoms with van der Waals surface area (Å²) in [6, 6.07) is 3.72. The lowest BCUT2D eigenvalue weighted by atomic mass is 10.2. The number of ether oxygens (including phenoxy) is 1. The largest absolute Gasteiger partial charge is 0.479 e. The maximum Gasteiger partial charge on any atom is 0.260 e. The van der Waals surface area contributed by atoms with Gasteiger partial charge in [-0.15, -0.1) is 0 Å². The Morgan fingerprint density at radius 2 is 2.10 bits per heavy atom. The number of hydrogen-bond donors (Lipinski definition) is 2. The third-order valence-corrected chi connectivity index (χ3v) is 2.81. The van der Waals surface area contributed by atoms with E-state index in [0.29, 0.717) is 31.2 Å². The Hall–Kier alpha value is -1.62. The molecule has 0 spiro atoms. The number of pyridine rings is 1. The molecule has 0 bridgehead atoms. The molecule has 5 nitrogen and oxygen atoms in total. The van der Waals surface area contributed by atoms with Gasteiger partial charge in [-0.2, -0.15) is 0 Å². The zero-order valence-corrected chi connectivity index (χ0v) is 12.8. The zero-order valence-electron chi connectivity index (χ0n) is 12.8. The molecule has 3 N–H and O–H groups in total. The van der Waals surface area contributed by atoms with Crippen LogP contribution in [0.5, 0.6) is 5.75 Å². The smallest absolute Gasteiger partial charge is 0.260 e. The lowest BCUT2D eigenvalue weighted by molar-refractivity contribution is -0.127. The molecule has 1 rings (SSSR count). The molecule has 1 atom stereocenters. The molecule has 112 valence electrons. The minimum absolute atomic E-state index is 0.113. The second-order valence-electron chi connectivity index (χ2n) is 5.34. The van der Waals surface area contributed by atoms with Gasteiger partial charge in [0.15, 0.2) is 6.10 Å². The van der Waals surface area contributed by atoms with Crippen LogP contribution in [0.2, 0.25) is 0 Å². The molecule has 1 amide bonds. The van der Waals surface area contributed by atoms with Gasteiger partial charge in [-0.25, -0.2) is 0 Å². The van der Waals surface area contributed by atoms with E-state index in [4.69, 9.17) is 10.5 Å². The monoisotopic (exact) mass is 279 g/mol. The lowest BCUT2D eigenvalue weighted by Gasteiger charge is -2.17. The normalized spacial score (nSPS) is 12.3. The predicted octanol–water partition coefficient (Wildman–Crippen LogP) is 1.43. The highest BCUT2D eigenvalue weighted by molar-refractivity contribution is 5.80. The average Bonchev–Trinajstić information content (AvgIpc) is 2.39. The first-order valence-corrected chi connectivity index (χ1v) is 7.05. The molecule has 0 saturated heterocycles. The Labute approximate surface area is 120 Å². The standard InChI is InChI=1S/C15H25N3O2/c1-10(2)9-17-15(19)12(4)20-14-6-5-11(3)18-13(14)7-8-16/h5-6,10,12H,7-9,16H2,1-4H3,(H,17,19). The van der Waals surface area contributed by atoms with Gasteiger partial charge in [0.05, 0.1) is 5.69 Å². The minimum atomic E-state index is -0.546. The molecule has 5 heteroatoms. The molecule has 20 heavy (non-hydrogen) atoms. The number of nitrogens with two attached hydrogens (primary N) is 1. The van der Waals surface area contributed by atoms with Crippen LogP contribution in [0.3, 0.4) is 0 Å². The summed E-state index contributed by atoms with van der Waals surface area (Å²) in [5, 5.41) is 2.86. The highest BCUT2D eigenvalue weighted by Gasteiger charge is 2.16. The number of carbonyl (C=O) groups excluding carboxylic acids is 1. The maximum atomic E-state index is 11.9. The van der Waals surface area contributed by atoms with E-state index in [0.717, 1.165) is 11.4 Å². The zero-order chi connectivity index (χ0) is 15.1. The van der Waals surface area contributed by atoms with E-state index in [1.807, 2.05) is 19.1 Å². The molecule has 1 aromatic heterocycles. The van der Waals surface area contributed by atoms with Gasteiger partial charge in [-0.1, -0.05) is 13.8 Å². The van der Waals surface area contributed by atoms with Gasteiger partial charge in [0.25, 0.3) is 5.91 Å². The molecule has 1 unspecified atom stereocenters. The summed E-state index contributed by atoms with van der Waals surface area (Å²) < 4.78 is 5.72. The Bertz CT molecular complexity index is 447. The predicted molar refractivity (Wildman–Crippen MR) is 79.7 cm³/mol. The summed E-state index contributed by atoms with van der Waals surface area (Å²) in [5.74, 6) is 0.936. The summed E-state index contributed by atoms with van der Waals surface area (Å²) in [4.78, 5) is 16.3. The second-order valence-corrected chi connectivity index (χ2v) is 5.34. The van der Waals surface area contributed by atoms with Gasteiger partial charge < -0.3 is 15.8 Å².